The summed E-state index contributed by atoms with van der Waals surface area (Å²) in [5.74, 6) is -1.72. The maximum absolute atomic E-state index is 11.8. The number of carbonyl (C=O) groups is 2. The van der Waals surface area contributed by atoms with Gasteiger partial charge in [-0.25, -0.2) is 9.78 Å². The molecule has 0 saturated carbocycles. The third-order valence-corrected chi connectivity index (χ3v) is 2.62. The molecule has 1 heterocycles. The lowest BCUT2D eigenvalue weighted by Crippen LogP contribution is -2.21. The highest BCUT2D eigenvalue weighted by atomic mass is 16.4. The van der Waals surface area contributed by atoms with Gasteiger partial charge in [0.2, 0.25) is 0 Å². The van der Waals surface area contributed by atoms with Gasteiger partial charge in [-0.1, -0.05) is 30.3 Å². The number of aromatic nitrogens is 1. The van der Waals surface area contributed by atoms with Crippen molar-refractivity contribution in [3.8, 4) is 0 Å². The van der Waals surface area contributed by atoms with Crippen LogP contribution in [0.5, 0.6) is 0 Å². The lowest BCUT2D eigenvalue weighted by atomic mass is 10.1. The van der Waals surface area contributed by atoms with Crippen LogP contribution in [0.15, 0.2) is 48.7 Å². The molecule has 0 spiro atoms. The highest BCUT2D eigenvalue weighted by Crippen LogP contribution is 2.15. The molecule has 0 fully saturated rings. The standard InChI is InChI=1S/C14H12N2O4/c17-12(9-4-2-1-3-5-9)13(18)16-11-8-10(14(19)20)6-7-15-11/h1-8,12,17H,(H,19,20)(H,15,16,18). The monoisotopic (exact) mass is 272 g/mol. The van der Waals surface area contributed by atoms with Crippen LogP contribution in [-0.2, 0) is 4.79 Å². The zero-order valence-corrected chi connectivity index (χ0v) is 10.4. The van der Waals surface area contributed by atoms with E-state index in [0.717, 1.165) is 0 Å². The van der Waals surface area contributed by atoms with Crippen LogP contribution in [0.1, 0.15) is 22.0 Å². The number of nitrogens with one attached hydrogen (secondary N) is 1. The van der Waals surface area contributed by atoms with Gasteiger partial charge in [-0.05, 0) is 17.7 Å². The first kappa shape index (κ1) is 13.7. The van der Waals surface area contributed by atoms with E-state index in [1.165, 1.54) is 18.3 Å². The molecule has 0 aliphatic carbocycles. The van der Waals surface area contributed by atoms with Gasteiger partial charge < -0.3 is 15.5 Å². The van der Waals surface area contributed by atoms with E-state index in [4.69, 9.17) is 5.11 Å². The maximum Gasteiger partial charge on any atom is 0.335 e. The first-order chi connectivity index (χ1) is 9.58. The number of hydrogen-bond donors (Lipinski definition) is 3. The Kier molecular flexibility index (Phi) is 4.07. The number of nitrogens with zero attached hydrogens (tertiary/aromatic N) is 1. The molecule has 1 amide bonds. The van der Waals surface area contributed by atoms with Crippen LogP contribution in [0.25, 0.3) is 0 Å². The SMILES string of the molecule is O=C(O)c1ccnc(NC(=O)C(O)c2ccccc2)c1. The normalized spacial score (nSPS) is 11.7. The van der Waals surface area contributed by atoms with E-state index in [2.05, 4.69) is 10.3 Å². The number of amides is 1. The fourth-order valence-electron chi connectivity index (χ4n) is 1.61. The number of carboxylic acid groups (broad SMARTS) is 1. The zero-order valence-electron chi connectivity index (χ0n) is 10.4. The molecule has 0 aliphatic heterocycles. The van der Waals surface area contributed by atoms with Gasteiger partial charge in [-0.3, -0.25) is 4.79 Å². The van der Waals surface area contributed by atoms with Gasteiger partial charge in [-0.15, -0.1) is 0 Å². The van der Waals surface area contributed by atoms with Crippen molar-refractivity contribution in [3.63, 3.8) is 0 Å². The average molecular weight is 272 g/mol. The van der Waals surface area contributed by atoms with Crippen LogP contribution in [-0.4, -0.2) is 27.1 Å². The van der Waals surface area contributed by atoms with Crippen LogP contribution >= 0.6 is 0 Å². The molecular weight excluding hydrogens is 260 g/mol. The van der Waals surface area contributed by atoms with Crippen LogP contribution in [0.3, 0.4) is 0 Å². The van der Waals surface area contributed by atoms with Crippen molar-refractivity contribution in [3.05, 3.63) is 59.8 Å². The van der Waals surface area contributed by atoms with Crippen molar-refractivity contribution in [2.45, 2.75) is 6.10 Å². The second kappa shape index (κ2) is 5.94. The summed E-state index contributed by atoms with van der Waals surface area (Å²) in [6, 6.07) is 10.9. The van der Waals surface area contributed by atoms with E-state index >= 15 is 0 Å². The Morgan fingerprint density at radius 1 is 1.15 bits per heavy atom. The Morgan fingerprint density at radius 2 is 1.85 bits per heavy atom. The molecule has 6 heteroatoms. The number of hydrogen-bond acceptors (Lipinski definition) is 4. The smallest absolute Gasteiger partial charge is 0.335 e. The molecule has 1 unspecified atom stereocenters. The number of benzene rings is 1. The topological polar surface area (TPSA) is 99.5 Å². The lowest BCUT2D eigenvalue weighted by Gasteiger charge is -2.11. The minimum absolute atomic E-state index is 0.00417. The fourth-order valence-corrected chi connectivity index (χ4v) is 1.61. The molecule has 1 atom stereocenters. The maximum atomic E-state index is 11.8. The number of carboxylic acids is 1. The first-order valence-electron chi connectivity index (χ1n) is 5.81. The third-order valence-electron chi connectivity index (χ3n) is 2.62. The minimum atomic E-state index is -1.34. The summed E-state index contributed by atoms with van der Waals surface area (Å²) in [6.45, 7) is 0. The Hall–Kier alpha value is -2.73. The van der Waals surface area contributed by atoms with Crippen LogP contribution < -0.4 is 5.32 Å². The van der Waals surface area contributed by atoms with Crippen LogP contribution in [0.2, 0.25) is 0 Å². The number of pyridine rings is 1. The van der Waals surface area contributed by atoms with Gasteiger partial charge in [0, 0.05) is 6.20 Å². The van der Waals surface area contributed by atoms with Crippen molar-refractivity contribution < 1.29 is 19.8 Å². The Labute approximate surface area is 114 Å². The van der Waals surface area contributed by atoms with Gasteiger partial charge in [-0.2, -0.15) is 0 Å². The summed E-state index contributed by atoms with van der Waals surface area (Å²) in [5.41, 5.74) is 0.448. The highest BCUT2D eigenvalue weighted by Gasteiger charge is 2.17. The van der Waals surface area contributed by atoms with E-state index < -0.39 is 18.0 Å². The van der Waals surface area contributed by atoms with Crippen molar-refractivity contribution >= 4 is 17.7 Å². The molecule has 0 aliphatic rings. The summed E-state index contributed by atoms with van der Waals surface area (Å²) >= 11 is 0. The van der Waals surface area contributed by atoms with Gasteiger partial charge in [0.25, 0.3) is 5.91 Å². The van der Waals surface area contributed by atoms with Crippen LogP contribution in [0.4, 0.5) is 5.82 Å². The Bertz CT molecular complexity index is 628. The summed E-state index contributed by atoms with van der Waals surface area (Å²) < 4.78 is 0. The number of rotatable bonds is 4. The highest BCUT2D eigenvalue weighted by molar-refractivity contribution is 5.95. The van der Waals surface area contributed by atoms with Gasteiger partial charge in [0.05, 0.1) is 5.56 Å². The molecule has 2 rings (SSSR count). The number of aliphatic hydroxyl groups is 1. The van der Waals surface area contributed by atoms with E-state index in [9.17, 15) is 14.7 Å². The van der Waals surface area contributed by atoms with E-state index in [-0.39, 0.29) is 11.4 Å². The molecule has 2 aromatic rings. The van der Waals surface area contributed by atoms with Gasteiger partial charge in [0.15, 0.2) is 6.10 Å². The molecule has 0 bridgehead atoms. The van der Waals surface area contributed by atoms with E-state index in [0.29, 0.717) is 5.56 Å². The molecule has 6 nitrogen and oxygen atoms in total. The largest absolute Gasteiger partial charge is 0.478 e. The molecule has 0 radical (unpaired) electrons. The van der Waals surface area contributed by atoms with E-state index in [1.54, 1.807) is 30.3 Å². The molecule has 20 heavy (non-hydrogen) atoms. The third kappa shape index (κ3) is 3.18. The van der Waals surface area contributed by atoms with Gasteiger partial charge >= 0.3 is 5.97 Å². The quantitative estimate of drug-likeness (QED) is 0.782. The second-order valence-corrected chi connectivity index (χ2v) is 4.04. The number of anilines is 1. The lowest BCUT2D eigenvalue weighted by molar-refractivity contribution is -0.124. The minimum Gasteiger partial charge on any atom is -0.478 e. The summed E-state index contributed by atoms with van der Waals surface area (Å²) in [6.07, 6.45) is -0.0694. The predicted molar refractivity (Wildman–Crippen MR) is 71.2 cm³/mol. The molecule has 102 valence electrons. The van der Waals surface area contributed by atoms with Crippen molar-refractivity contribution in [2.75, 3.05) is 5.32 Å². The zero-order chi connectivity index (χ0) is 14.5. The molecular formula is C14H12N2O4. The van der Waals surface area contributed by atoms with Crippen molar-refractivity contribution in [1.82, 2.24) is 4.98 Å². The molecule has 1 aromatic heterocycles. The number of aromatic carboxylic acids is 1. The van der Waals surface area contributed by atoms with Crippen molar-refractivity contribution in [1.29, 1.82) is 0 Å². The molecule has 0 saturated heterocycles. The van der Waals surface area contributed by atoms with Gasteiger partial charge in [0.1, 0.15) is 5.82 Å². The summed E-state index contributed by atoms with van der Waals surface area (Å²) in [7, 11) is 0. The molecule has 3 N–H and O–H groups in total. The summed E-state index contributed by atoms with van der Waals surface area (Å²) in [4.78, 5) is 26.5. The van der Waals surface area contributed by atoms with Crippen molar-refractivity contribution in [2.24, 2.45) is 0 Å². The Balaban J connectivity index is 2.12. The predicted octanol–water partition coefficient (Wildman–Crippen LogP) is 1.45. The second-order valence-electron chi connectivity index (χ2n) is 4.04. The average Bonchev–Trinajstić information content (AvgIpc) is 2.47. The number of carbonyl (C=O) groups excluding carboxylic acids is 1. The first-order valence-corrected chi connectivity index (χ1v) is 5.81. The number of aliphatic hydroxyl groups excluding tert-OH is 1. The van der Waals surface area contributed by atoms with Crippen LogP contribution in [0, 0.1) is 0 Å². The summed E-state index contributed by atoms with van der Waals surface area (Å²) in [5, 5.41) is 21.1. The van der Waals surface area contributed by atoms with E-state index in [1.807, 2.05) is 0 Å². The molecule has 1 aromatic carbocycles. The Morgan fingerprint density at radius 3 is 2.50 bits per heavy atom. The fraction of sp³-hybridized carbons (Fsp3) is 0.0714.